The average Bonchev–Trinajstić information content (AvgIpc) is 2.92. The first-order chi connectivity index (χ1) is 10.4. The third-order valence-corrected chi connectivity index (χ3v) is 4.00. The first-order valence-electron chi connectivity index (χ1n) is 7.37. The van der Waals surface area contributed by atoms with Crippen molar-refractivity contribution in [3.63, 3.8) is 0 Å². The number of benzene rings is 1. The van der Waals surface area contributed by atoms with Gasteiger partial charge < -0.3 is 10.1 Å². The molecule has 1 aromatic carbocycles. The summed E-state index contributed by atoms with van der Waals surface area (Å²) in [6, 6.07) is 5.28. The highest BCUT2D eigenvalue weighted by Gasteiger charge is 2.31. The van der Waals surface area contributed by atoms with E-state index in [1.165, 1.54) is 4.90 Å². The topological polar surface area (TPSA) is 61.9 Å². The Bertz CT molecular complexity index is 574. The Labute approximate surface area is 131 Å². The van der Waals surface area contributed by atoms with Gasteiger partial charge in [-0.05, 0) is 27.0 Å². The van der Waals surface area contributed by atoms with Gasteiger partial charge in [-0.25, -0.2) is 4.79 Å². The number of carbonyl (C=O) groups excluding carboxylic acids is 2. The van der Waals surface area contributed by atoms with Gasteiger partial charge in [-0.2, -0.15) is 0 Å². The minimum Gasteiger partial charge on any atom is -0.496 e. The number of methoxy groups -OCH3 is 1. The van der Waals surface area contributed by atoms with Crippen molar-refractivity contribution in [2.45, 2.75) is 26.4 Å². The number of nitrogens with zero attached hydrogens (tertiary/aromatic N) is 2. The van der Waals surface area contributed by atoms with Gasteiger partial charge >= 0.3 is 6.03 Å². The number of carbonyl (C=O) groups is 2. The highest BCUT2D eigenvalue weighted by Crippen LogP contribution is 2.22. The summed E-state index contributed by atoms with van der Waals surface area (Å²) < 4.78 is 5.37. The molecule has 1 N–H and O–H groups in total. The van der Waals surface area contributed by atoms with Crippen LogP contribution in [0.25, 0.3) is 0 Å². The zero-order valence-corrected chi connectivity index (χ0v) is 13.5. The molecule has 1 unspecified atom stereocenters. The second kappa shape index (κ2) is 6.79. The van der Waals surface area contributed by atoms with E-state index in [2.05, 4.69) is 11.4 Å². The molecule has 0 radical (unpaired) electrons. The molecular formula is C16H23N3O3. The van der Waals surface area contributed by atoms with Crippen LogP contribution in [0.2, 0.25) is 0 Å². The van der Waals surface area contributed by atoms with Crippen molar-refractivity contribution in [3.8, 4) is 5.75 Å². The number of urea groups is 1. The molecule has 2 rings (SSSR count). The number of hydrogen-bond donors (Lipinski definition) is 1. The normalized spacial score (nSPS) is 15.9. The molecule has 0 saturated carbocycles. The lowest BCUT2D eigenvalue weighted by Gasteiger charge is -2.27. The van der Waals surface area contributed by atoms with Crippen LogP contribution in [0, 0.1) is 6.92 Å². The summed E-state index contributed by atoms with van der Waals surface area (Å²) in [5, 5.41) is 2.65. The lowest BCUT2D eigenvalue weighted by molar-refractivity contribution is -0.132. The molecule has 0 spiro atoms. The number of likely N-dealkylation sites (N-methyl/N-ethyl adjacent to an activating group) is 1. The molecule has 1 aromatic rings. The van der Waals surface area contributed by atoms with Crippen molar-refractivity contribution in [2.24, 2.45) is 0 Å². The minimum atomic E-state index is -0.380. The average molecular weight is 305 g/mol. The van der Waals surface area contributed by atoms with Crippen LogP contribution in [0.4, 0.5) is 4.79 Å². The molecule has 0 aromatic heterocycles. The summed E-state index contributed by atoms with van der Waals surface area (Å²) in [7, 11) is 3.51. The second-order valence-corrected chi connectivity index (χ2v) is 5.63. The Hall–Kier alpha value is -2.08. The fraction of sp³-hybridized carbons (Fsp3) is 0.500. The van der Waals surface area contributed by atoms with Crippen molar-refractivity contribution < 1.29 is 14.3 Å². The number of aryl methyl sites for hydroxylation is 1. The zero-order chi connectivity index (χ0) is 16.3. The molecule has 6 nitrogen and oxygen atoms in total. The summed E-state index contributed by atoms with van der Waals surface area (Å²) >= 11 is 0. The van der Waals surface area contributed by atoms with Gasteiger partial charge in [0.15, 0.2) is 0 Å². The Morgan fingerprint density at radius 2 is 2.23 bits per heavy atom. The van der Waals surface area contributed by atoms with Crippen molar-refractivity contribution in [2.75, 3.05) is 27.2 Å². The Balaban J connectivity index is 2.08. The van der Waals surface area contributed by atoms with E-state index < -0.39 is 0 Å². The Morgan fingerprint density at radius 1 is 1.50 bits per heavy atom. The van der Waals surface area contributed by atoms with Gasteiger partial charge in [-0.15, -0.1) is 0 Å². The molecule has 3 amide bonds. The summed E-state index contributed by atoms with van der Waals surface area (Å²) in [6.45, 7) is 5.37. The molecule has 0 aliphatic carbocycles. The summed E-state index contributed by atoms with van der Waals surface area (Å²) in [5.74, 6) is 0.625. The van der Waals surface area contributed by atoms with Crippen LogP contribution in [-0.4, -0.2) is 55.0 Å². The molecule has 6 heteroatoms. The van der Waals surface area contributed by atoms with Crippen LogP contribution in [-0.2, 0) is 11.3 Å². The molecule has 1 aliphatic heterocycles. The monoisotopic (exact) mass is 305 g/mol. The van der Waals surface area contributed by atoms with E-state index in [4.69, 9.17) is 4.74 Å². The standard InChI is InChI=1S/C16H23N3O3/c1-11-5-6-14(22-4)13(9-11)10-18(3)12(2)15(20)19-8-7-17-16(19)21/h5-6,9,12H,7-8,10H2,1-4H3,(H,17,21). The lowest BCUT2D eigenvalue weighted by Crippen LogP contribution is -2.46. The second-order valence-electron chi connectivity index (χ2n) is 5.63. The molecule has 0 bridgehead atoms. The highest BCUT2D eigenvalue weighted by molar-refractivity contribution is 5.98. The molecule has 1 aliphatic rings. The van der Waals surface area contributed by atoms with E-state index in [9.17, 15) is 9.59 Å². The Morgan fingerprint density at radius 3 is 2.82 bits per heavy atom. The third-order valence-electron chi connectivity index (χ3n) is 4.00. The molecule has 1 heterocycles. The van der Waals surface area contributed by atoms with Gasteiger partial charge in [-0.1, -0.05) is 17.7 Å². The number of nitrogens with one attached hydrogen (secondary N) is 1. The molecule has 1 atom stereocenters. The number of rotatable bonds is 5. The summed E-state index contributed by atoms with van der Waals surface area (Å²) in [5.41, 5.74) is 2.16. The van der Waals surface area contributed by atoms with Crippen LogP contribution in [0.1, 0.15) is 18.1 Å². The van der Waals surface area contributed by atoms with Gasteiger partial charge in [0.2, 0.25) is 5.91 Å². The van der Waals surface area contributed by atoms with Crippen LogP contribution in [0.5, 0.6) is 5.75 Å². The maximum absolute atomic E-state index is 12.4. The number of hydrogen-bond acceptors (Lipinski definition) is 4. The van der Waals surface area contributed by atoms with E-state index >= 15 is 0 Å². The van der Waals surface area contributed by atoms with E-state index in [1.807, 2.05) is 37.9 Å². The Kier molecular flexibility index (Phi) is 5.03. The van der Waals surface area contributed by atoms with Crippen molar-refractivity contribution in [3.05, 3.63) is 29.3 Å². The predicted molar refractivity (Wildman–Crippen MR) is 83.8 cm³/mol. The van der Waals surface area contributed by atoms with Gasteiger partial charge in [0, 0.05) is 25.2 Å². The van der Waals surface area contributed by atoms with Crippen LogP contribution in [0.3, 0.4) is 0 Å². The SMILES string of the molecule is COc1ccc(C)cc1CN(C)C(C)C(=O)N1CCNC1=O. The molecule has 120 valence electrons. The summed E-state index contributed by atoms with van der Waals surface area (Å²) in [4.78, 5) is 27.2. The van der Waals surface area contributed by atoms with E-state index in [0.717, 1.165) is 16.9 Å². The highest BCUT2D eigenvalue weighted by atomic mass is 16.5. The number of imide groups is 1. The lowest BCUT2D eigenvalue weighted by atomic mass is 10.1. The predicted octanol–water partition coefficient (Wildman–Crippen LogP) is 1.38. The van der Waals surface area contributed by atoms with Crippen molar-refractivity contribution in [1.29, 1.82) is 0 Å². The fourth-order valence-corrected chi connectivity index (χ4v) is 2.53. The third kappa shape index (κ3) is 3.39. The molecular weight excluding hydrogens is 282 g/mol. The number of ether oxygens (including phenoxy) is 1. The summed E-state index contributed by atoms with van der Waals surface area (Å²) in [6.07, 6.45) is 0. The first-order valence-corrected chi connectivity index (χ1v) is 7.37. The van der Waals surface area contributed by atoms with Gasteiger partial charge in [-0.3, -0.25) is 14.6 Å². The van der Waals surface area contributed by atoms with Crippen LogP contribution in [0.15, 0.2) is 18.2 Å². The molecule has 22 heavy (non-hydrogen) atoms. The van der Waals surface area contributed by atoms with Gasteiger partial charge in [0.1, 0.15) is 5.75 Å². The first kappa shape index (κ1) is 16.3. The van der Waals surface area contributed by atoms with E-state index in [0.29, 0.717) is 19.6 Å². The minimum absolute atomic E-state index is 0.177. The fourth-order valence-electron chi connectivity index (χ4n) is 2.53. The van der Waals surface area contributed by atoms with E-state index in [1.54, 1.807) is 7.11 Å². The van der Waals surface area contributed by atoms with Crippen molar-refractivity contribution in [1.82, 2.24) is 15.1 Å². The van der Waals surface area contributed by atoms with E-state index in [-0.39, 0.29) is 18.0 Å². The van der Waals surface area contributed by atoms with Gasteiger partial charge in [0.05, 0.1) is 13.2 Å². The largest absolute Gasteiger partial charge is 0.496 e. The zero-order valence-electron chi connectivity index (χ0n) is 13.5. The van der Waals surface area contributed by atoms with Gasteiger partial charge in [0.25, 0.3) is 0 Å². The van der Waals surface area contributed by atoms with Crippen LogP contribution >= 0.6 is 0 Å². The van der Waals surface area contributed by atoms with Crippen LogP contribution < -0.4 is 10.1 Å². The van der Waals surface area contributed by atoms with Crippen molar-refractivity contribution >= 4 is 11.9 Å². The quantitative estimate of drug-likeness (QED) is 0.892. The smallest absolute Gasteiger partial charge is 0.324 e. The maximum Gasteiger partial charge on any atom is 0.324 e. The molecule has 1 fully saturated rings. The maximum atomic E-state index is 12.4. The molecule has 1 saturated heterocycles. The number of amides is 3.